The molecule has 6 nitrogen and oxygen atoms in total. The van der Waals surface area contributed by atoms with Crippen LogP contribution in [0.25, 0.3) is 0 Å². The van der Waals surface area contributed by atoms with Gasteiger partial charge in [0.1, 0.15) is 5.57 Å². The van der Waals surface area contributed by atoms with Crippen LogP contribution in [0.3, 0.4) is 0 Å². The Balaban J connectivity index is 2.19. The molecule has 0 aromatic heterocycles. The first-order chi connectivity index (χ1) is 14.3. The average Bonchev–Trinajstić information content (AvgIpc) is 2.79. The third-order valence-corrected chi connectivity index (χ3v) is 4.58. The molecule has 2 amide bonds. The molecule has 0 bridgehead atoms. The number of amides is 2. The van der Waals surface area contributed by atoms with Crippen LogP contribution >= 0.6 is 0 Å². The summed E-state index contributed by atoms with van der Waals surface area (Å²) in [5.41, 5.74) is -0.625. The molecule has 0 spiro atoms. The number of fused-ring (bicyclic) bond motifs is 1. The molecule has 0 fully saturated rings. The summed E-state index contributed by atoms with van der Waals surface area (Å²) in [4.78, 5) is 28.6. The van der Waals surface area contributed by atoms with E-state index in [0.29, 0.717) is 18.8 Å². The standard InChI is InChI=1S/C21H20F3N3O3/c1-26-17-9-8-14(21(22,23)24)12-18(17)27(15-6-4-3-5-7-15)20(29)16(19(26)28)13-25-10-11-30-2/h3-9,12-13,25H,10-11H2,1-2H3/b16-13-. The minimum absolute atomic E-state index is 0.0304. The molecule has 1 heterocycles. The van der Waals surface area contributed by atoms with Gasteiger partial charge in [0, 0.05) is 32.6 Å². The van der Waals surface area contributed by atoms with Crippen molar-refractivity contribution in [2.24, 2.45) is 0 Å². The van der Waals surface area contributed by atoms with E-state index in [1.807, 2.05) is 0 Å². The number of methoxy groups -OCH3 is 1. The number of hydrogen-bond acceptors (Lipinski definition) is 4. The van der Waals surface area contributed by atoms with Gasteiger partial charge in [-0.15, -0.1) is 0 Å². The number of hydrogen-bond donors (Lipinski definition) is 1. The van der Waals surface area contributed by atoms with Gasteiger partial charge < -0.3 is 15.0 Å². The SMILES string of the molecule is COCCN/C=C1/C(=O)N(C)c2ccc(C(F)(F)F)cc2N(c2ccccc2)C1=O. The van der Waals surface area contributed by atoms with Gasteiger partial charge in [0.15, 0.2) is 0 Å². The van der Waals surface area contributed by atoms with Crippen molar-refractivity contribution in [1.82, 2.24) is 5.32 Å². The number of benzene rings is 2. The van der Waals surface area contributed by atoms with Crippen molar-refractivity contribution >= 4 is 28.9 Å². The molecule has 0 saturated heterocycles. The summed E-state index contributed by atoms with van der Waals surface area (Å²) in [6, 6.07) is 11.2. The van der Waals surface area contributed by atoms with Crippen LogP contribution < -0.4 is 15.1 Å². The Kier molecular flexibility index (Phi) is 6.12. The van der Waals surface area contributed by atoms with E-state index in [4.69, 9.17) is 4.74 Å². The maximum absolute atomic E-state index is 13.4. The lowest BCUT2D eigenvalue weighted by Gasteiger charge is -2.25. The summed E-state index contributed by atoms with van der Waals surface area (Å²) in [6.07, 6.45) is -3.33. The summed E-state index contributed by atoms with van der Waals surface area (Å²) in [5.74, 6) is -1.37. The molecular weight excluding hydrogens is 399 g/mol. The fourth-order valence-corrected chi connectivity index (χ4v) is 3.07. The Hall–Kier alpha value is -3.33. The van der Waals surface area contributed by atoms with Gasteiger partial charge in [-0.2, -0.15) is 13.2 Å². The van der Waals surface area contributed by atoms with Crippen molar-refractivity contribution in [3.8, 4) is 0 Å². The van der Waals surface area contributed by atoms with Gasteiger partial charge >= 0.3 is 6.18 Å². The van der Waals surface area contributed by atoms with Gasteiger partial charge in [-0.1, -0.05) is 18.2 Å². The third-order valence-electron chi connectivity index (χ3n) is 4.58. The summed E-state index contributed by atoms with van der Waals surface area (Å²) in [6.45, 7) is 0.695. The highest BCUT2D eigenvalue weighted by molar-refractivity contribution is 6.32. The van der Waals surface area contributed by atoms with Gasteiger partial charge in [-0.3, -0.25) is 14.5 Å². The molecule has 0 aliphatic carbocycles. The highest BCUT2D eigenvalue weighted by Crippen LogP contribution is 2.42. The summed E-state index contributed by atoms with van der Waals surface area (Å²) >= 11 is 0. The molecule has 2 aromatic carbocycles. The minimum Gasteiger partial charge on any atom is -0.388 e. The van der Waals surface area contributed by atoms with Crippen molar-refractivity contribution in [2.75, 3.05) is 37.1 Å². The molecule has 0 saturated carbocycles. The largest absolute Gasteiger partial charge is 0.416 e. The van der Waals surface area contributed by atoms with E-state index in [1.54, 1.807) is 30.3 Å². The molecule has 1 N–H and O–H groups in total. The van der Waals surface area contributed by atoms with Crippen molar-refractivity contribution in [1.29, 1.82) is 0 Å². The first-order valence-corrected chi connectivity index (χ1v) is 9.07. The minimum atomic E-state index is -4.60. The maximum Gasteiger partial charge on any atom is 0.416 e. The number of para-hydroxylation sites is 1. The van der Waals surface area contributed by atoms with Crippen LogP contribution in [0.15, 0.2) is 60.3 Å². The van der Waals surface area contributed by atoms with Crippen LogP contribution in [0.5, 0.6) is 0 Å². The quantitative estimate of drug-likeness (QED) is 0.458. The number of halogens is 3. The van der Waals surface area contributed by atoms with Crippen LogP contribution in [-0.2, 0) is 20.5 Å². The highest BCUT2D eigenvalue weighted by atomic mass is 19.4. The fraction of sp³-hybridized carbons (Fsp3) is 0.238. The number of anilines is 3. The first kappa shape index (κ1) is 21.4. The molecule has 1 aliphatic heterocycles. The van der Waals surface area contributed by atoms with E-state index >= 15 is 0 Å². The number of likely N-dealkylation sites (N-methyl/N-ethyl adjacent to an activating group) is 1. The predicted molar refractivity (Wildman–Crippen MR) is 106 cm³/mol. The summed E-state index contributed by atoms with van der Waals surface area (Å²) in [7, 11) is 2.93. The van der Waals surface area contributed by atoms with E-state index in [9.17, 15) is 22.8 Å². The summed E-state index contributed by atoms with van der Waals surface area (Å²) in [5, 5.41) is 2.84. The average molecular weight is 419 g/mol. The molecular formula is C21H20F3N3O3. The lowest BCUT2D eigenvalue weighted by atomic mass is 10.1. The normalized spacial score (nSPS) is 16.0. The topological polar surface area (TPSA) is 61.9 Å². The second-order valence-electron chi connectivity index (χ2n) is 6.55. The Bertz CT molecular complexity index is 974. The third kappa shape index (κ3) is 4.16. The molecule has 0 unspecified atom stereocenters. The number of carbonyl (C=O) groups is 2. The van der Waals surface area contributed by atoms with Crippen LogP contribution in [-0.4, -0.2) is 39.1 Å². The molecule has 30 heavy (non-hydrogen) atoms. The molecule has 1 aliphatic rings. The molecule has 0 atom stereocenters. The molecule has 158 valence electrons. The predicted octanol–water partition coefficient (Wildman–Crippen LogP) is 3.47. The number of ether oxygens (including phenoxy) is 1. The summed E-state index contributed by atoms with van der Waals surface area (Å²) < 4.78 is 45.0. The van der Waals surface area contributed by atoms with Crippen molar-refractivity contribution in [3.05, 3.63) is 65.9 Å². The zero-order valence-corrected chi connectivity index (χ0v) is 16.4. The van der Waals surface area contributed by atoms with E-state index in [2.05, 4.69) is 5.32 Å². The van der Waals surface area contributed by atoms with Crippen molar-refractivity contribution in [3.63, 3.8) is 0 Å². The number of carbonyl (C=O) groups excluding carboxylic acids is 2. The van der Waals surface area contributed by atoms with Crippen LogP contribution in [0.4, 0.5) is 30.2 Å². The maximum atomic E-state index is 13.4. The molecule has 3 rings (SSSR count). The zero-order chi connectivity index (χ0) is 21.9. The van der Waals surface area contributed by atoms with Crippen LogP contribution in [0, 0.1) is 0 Å². The number of rotatable bonds is 5. The Labute approximate surface area is 171 Å². The smallest absolute Gasteiger partial charge is 0.388 e. The Morgan fingerprint density at radius 1 is 1.03 bits per heavy atom. The Morgan fingerprint density at radius 2 is 1.73 bits per heavy atom. The first-order valence-electron chi connectivity index (χ1n) is 9.07. The van der Waals surface area contributed by atoms with E-state index < -0.39 is 23.6 Å². The van der Waals surface area contributed by atoms with Crippen molar-refractivity contribution in [2.45, 2.75) is 6.18 Å². The number of nitrogens with zero attached hydrogens (tertiary/aromatic N) is 2. The lowest BCUT2D eigenvalue weighted by molar-refractivity contribution is -0.137. The number of nitrogens with one attached hydrogen (secondary N) is 1. The fourth-order valence-electron chi connectivity index (χ4n) is 3.07. The molecule has 9 heteroatoms. The second kappa shape index (κ2) is 8.58. The van der Waals surface area contributed by atoms with Gasteiger partial charge in [0.25, 0.3) is 11.8 Å². The van der Waals surface area contributed by atoms with Gasteiger partial charge in [-0.25, -0.2) is 0 Å². The van der Waals surface area contributed by atoms with E-state index in [1.165, 1.54) is 31.3 Å². The van der Waals surface area contributed by atoms with Gasteiger partial charge in [0.2, 0.25) is 0 Å². The second-order valence-corrected chi connectivity index (χ2v) is 6.55. The molecule has 0 radical (unpaired) electrons. The van der Waals surface area contributed by atoms with Crippen LogP contribution in [0.1, 0.15) is 5.56 Å². The Morgan fingerprint density at radius 3 is 2.37 bits per heavy atom. The lowest BCUT2D eigenvalue weighted by Crippen LogP contribution is -2.33. The highest BCUT2D eigenvalue weighted by Gasteiger charge is 2.38. The monoisotopic (exact) mass is 419 g/mol. The number of alkyl halides is 3. The molecule has 2 aromatic rings. The van der Waals surface area contributed by atoms with Gasteiger partial charge in [-0.05, 0) is 30.3 Å². The van der Waals surface area contributed by atoms with Crippen LogP contribution in [0.2, 0.25) is 0 Å². The van der Waals surface area contributed by atoms with Gasteiger partial charge in [0.05, 0.1) is 23.5 Å². The van der Waals surface area contributed by atoms with E-state index in [-0.39, 0.29) is 16.9 Å². The van der Waals surface area contributed by atoms with Crippen molar-refractivity contribution < 1.29 is 27.5 Å². The van der Waals surface area contributed by atoms with E-state index in [0.717, 1.165) is 17.0 Å². The zero-order valence-electron chi connectivity index (χ0n) is 16.4.